The Hall–Kier alpha value is -4.53. The Labute approximate surface area is 192 Å². The molecule has 1 aliphatic heterocycles. The van der Waals surface area contributed by atoms with Crippen molar-refractivity contribution in [2.45, 2.75) is 12.6 Å². The van der Waals surface area contributed by atoms with Gasteiger partial charge in [-0.25, -0.2) is 4.39 Å². The first-order valence-corrected chi connectivity index (χ1v) is 10.3. The minimum atomic E-state index is -0.866. The number of carbonyl (C=O) groups is 1. The van der Waals surface area contributed by atoms with Crippen molar-refractivity contribution in [2.75, 3.05) is 7.11 Å². The molecule has 1 aromatic heterocycles. The Kier molecular flexibility index (Phi) is 5.09. The first-order chi connectivity index (χ1) is 16.4. The lowest BCUT2D eigenvalue weighted by Crippen LogP contribution is -2.29. The van der Waals surface area contributed by atoms with Gasteiger partial charge in [-0.1, -0.05) is 12.1 Å². The topological polar surface area (TPSA) is 103 Å². The van der Waals surface area contributed by atoms with Gasteiger partial charge < -0.3 is 14.1 Å². The summed E-state index contributed by atoms with van der Waals surface area (Å²) in [6.07, 6.45) is 0. The Balaban J connectivity index is 1.68. The Morgan fingerprint density at radius 1 is 1.06 bits per heavy atom. The molecule has 1 amide bonds. The van der Waals surface area contributed by atoms with Crippen LogP contribution in [0.15, 0.2) is 75.9 Å². The zero-order valence-corrected chi connectivity index (χ0v) is 17.9. The van der Waals surface area contributed by atoms with Gasteiger partial charge in [0, 0.05) is 18.7 Å². The fourth-order valence-electron chi connectivity index (χ4n) is 4.21. The number of halogens is 1. The van der Waals surface area contributed by atoms with Gasteiger partial charge in [0.25, 0.3) is 11.6 Å². The third-order valence-corrected chi connectivity index (χ3v) is 5.86. The van der Waals surface area contributed by atoms with Gasteiger partial charge in [-0.2, -0.15) is 0 Å². The summed E-state index contributed by atoms with van der Waals surface area (Å²) in [5.74, 6) is -0.582. The maximum atomic E-state index is 13.9. The molecule has 5 rings (SSSR count). The van der Waals surface area contributed by atoms with Crippen molar-refractivity contribution in [1.82, 2.24) is 4.90 Å². The summed E-state index contributed by atoms with van der Waals surface area (Å²) in [5, 5.41) is 11.1. The molecular weight excluding hydrogens is 443 g/mol. The molecule has 8 nitrogen and oxygen atoms in total. The molecule has 34 heavy (non-hydrogen) atoms. The average molecular weight is 460 g/mol. The highest BCUT2D eigenvalue weighted by Crippen LogP contribution is 2.39. The lowest BCUT2D eigenvalue weighted by atomic mass is 9.98. The van der Waals surface area contributed by atoms with Crippen molar-refractivity contribution >= 4 is 22.6 Å². The number of rotatable bonds is 5. The molecule has 0 fully saturated rings. The summed E-state index contributed by atoms with van der Waals surface area (Å²) in [4.78, 5) is 38.9. The van der Waals surface area contributed by atoms with Gasteiger partial charge in [0.1, 0.15) is 17.1 Å². The second-order valence-corrected chi connectivity index (χ2v) is 7.85. The van der Waals surface area contributed by atoms with Crippen LogP contribution in [0, 0.1) is 15.9 Å². The van der Waals surface area contributed by atoms with E-state index in [0.717, 1.165) is 17.7 Å². The number of benzene rings is 3. The first-order valence-electron chi connectivity index (χ1n) is 10.3. The molecule has 2 heterocycles. The fourth-order valence-corrected chi connectivity index (χ4v) is 4.21. The smallest absolute Gasteiger partial charge is 0.291 e. The van der Waals surface area contributed by atoms with E-state index in [4.69, 9.17) is 9.15 Å². The molecular formula is C25H17FN2O6. The largest absolute Gasteiger partial charge is 0.497 e. The van der Waals surface area contributed by atoms with Gasteiger partial charge in [0.2, 0.25) is 5.76 Å². The first kappa shape index (κ1) is 21.3. The number of hydrogen-bond acceptors (Lipinski definition) is 6. The second-order valence-electron chi connectivity index (χ2n) is 7.85. The molecule has 4 aromatic rings. The normalized spacial score (nSPS) is 14.9. The minimum absolute atomic E-state index is 0.0183. The van der Waals surface area contributed by atoms with Gasteiger partial charge in [-0.15, -0.1) is 0 Å². The highest BCUT2D eigenvalue weighted by Gasteiger charge is 2.42. The maximum Gasteiger partial charge on any atom is 0.291 e. The Bertz CT molecular complexity index is 1500. The van der Waals surface area contributed by atoms with E-state index >= 15 is 0 Å². The van der Waals surface area contributed by atoms with Crippen LogP contribution in [0.4, 0.5) is 10.1 Å². The Morgan fingerprint density at radius 2 is 1.76 bits per heavy atom. The van der Waals surface area contributed by atoms with Crippen LogP contribution in [0.1, 0.15) is 33.3 Å². The molecule has 0 bridgehead atoms. The summed E-state index contributed by atoms with van der Waals surface area (Å²) < 4.78 is 24.8. The molecule has 0 aliphatic carbocycles. The predicted octanol–water partition coefficient (Wildman–Crippen LogP) is 4.59. The van der Waals surface area contributed by atoms with Gasteiger partial charge in [-0.3, -0.25) is 19.7 Å². The lowest BCUT2D eigenvalue weighted by molar-refractivity contribution is -0.384. The van der Waals surface area contributed by atoms with E-state index < -0.39 is 28.1 Å². The minimum Gasteiger partial charge on any atom is -0.497 e. The standard InChI is InChI=1S/C25H17FN2O6/c1-33-18-9-2-14(3-10-18)13-27-22(15-4-7-17(8-5-15)28(31)32)21-23(29)19-12-16(26)6-11-20(19)34-24(21)25(27)30/h2-12,22H,13H2,1H3/t22-/m0/s1. The van der Waals surface area contributed by atoms with Crippen LogP contribution in [0.3, 0.4) is 0 Å². The monoisotopic (exact) mass is 460 g/mol. The number of nitrogens with zero attached hydrogens (tertiary/aromatic N) is 2. The molecule has 170 valence electrons. The number of non-ortho nitro benzene ring substituents is 1. The molecule has 0 saturated carbocycles. The number of amides is 1. The van der Waals surface area contributed by atoms with Gasteiger partial charge in [0.15, 0.2) is 5.43 Å². The van der Waals surface area contributed by atoms with Crippen molar-refractivity contribution in [1.29, 1.82) is 0 Å². The van der Waals surface area contributed by atoms with Crippen LogP contribution >= 0.6 is 0 Å². The number of carbonyl (C=O) groups excluding carboxylic acids is 1. The third-order valence-electron chi connectivity index (χ3n) is 5.86. The number of hydrogen-bond donors (Lipinski definition) is 0. The molecule has 0 radical (unpaired) electrons. The van der Waals surface area contributed by atoms with Crippen LogP contribution in [-0.4, -0.2) is 22.8 Å². The molecule has 1 atom stereocenters. The van der Waals surface area contributed by atoms with Crippen LogP contribution in [-0.2, 0) is 6.54 Å². The van der Waals surface area contributed by atoms with E-state index in [0.29, 0.717) is 11.3 Å². The van der Waals surface area contributed by atoms with Crippen molar-refractivity contribution in [2.24, 2.45) is 0 Å². The second kappa shape index (κ2) is 8.11. The molecule has 0 unspecified atom stereocenters. The van der Waals surface area contributed by atoms with E-state index in [1.165, 1.54) is 35.2 Å². The molecule has 9 heteroatoms. The van der Waals surface area contributed by atoms with Gasteiger partial charge >= 0.3 is 0 Å². The molecule has 3 aromatic carbocycles. The summed E-state index contributed by atoms with van der Waals surface area (Å²) in [7, 11) is 1.55. The molecule has 1 aliphatic rings. The summed E-state index contributed by atoms with van der Waals surface area (Å²) in [5.41, 5.74) is 0.802. The molecule has 0 N–H and O–H groups in total. The summed E-state index contributed by atoms with van der Waals surface area (Å²) >= 11 is 0. The molecule has 0 spiro atoms. The summed E-state index contributed by atoms with van der Waals surface area (Å²) in [6, 6.07) is 15.4. The SMILES string of the molecule is COc1ccc(CN2C(=O)c3oc4ccc(F)cc4c(=O)c3[C@@H]2c2ccc([N+](=O)[O-])cc2)cc1. The number of fused-ring (bicyclic) bond motifs is 2. The van der Waals surface area contributed by atoms with Crippen molar-refractivity contribution in [3.8, 4) is 5.75 Å². The number of nitro benzene ring substituents is 1. The third kappa shape index (κ3) is 3.47. The zero-order valence-electron chi connectivity index (χ0n) is 17.9. The lowest BCUT2D eigenvalue weighted by Gasteiger charge is -2.25. The average Bonchev–Trinajstić information content (AvgIpc) is 3.12. The van der Waals surface area contributed by atoms with Crippen molar-refractivity contribution in [3.05, 3.63) is 115 Å². The van der Waals surface area contributed by atoms with E-state index in [-0.39, 0.29) is 34.5 Å². The van der Waals surface area contributed by atoms with Crippen molar-refractivity contribution < 1.29 is 23.3 Å². The number of methoxy groups -OCH3 is 1. The van der Waals surface area contributed by atoms with E-state index in [2.05, 4.69) is 0 Å². The van der Waals surface area contributed by atoms with Crippen LogP contribution < -0.4 is 10.2 Å². The zero-order chi connectivity index (χ0) is 24.0. The highest BCUT2D eigenvalue weighted by molar-refractivity contribution is 5.99. The highest BCUT2D eigenvalue weighted by atomic mass is 19.1. The van der Waals surface area contributed by atoms with E-state index in [1.807, 2.05) is 0 Å². The number of nitro groups is 1. The van der Waals surface area contributed by atoms with Crippen LogP contribution in [0.25, 0.3) is 11.0 Å². The molecule has 0 saturated heterocycles. The fraction of sp³-hybridized carbons (Fsp3) is 0.120. The van der Waals surface area contributed by atoms with Crippen LogP contribution in [0.5, 0.6) is 5.75 Å². The van der Waals surface area contributed by atoms with Crippen molar-refractivity contribution in [3.63, 3.8) is 0 Å². The van der Waals surface area contributed by atoms with Crippen LogP contribution in [0.2, 0.25) is 0 Å². The predicted molar refractivity (Wildman–Crippen MR) is 120 cm³/mol. The quantitative estimate of drug-likeness (QED) is 0.319. The van der Waals surface area contributed by atoms with Gasteiger partial charge in [-0.05, 0) is 53.6 Å². The number of ether oxygens (including phenoxy) is 1. The van der Waals surface area contributed by atoms with E-state index in [9.17, 15) is 24.1 Å². The maximum absolute atomic E-state index is 13.9. The van der Waals surface area contributed by atoms with Gasteiger partial charge in [0.05, 0.1) is 29.0 Å². The summed E-state index contributed by atoms with van der Waals surface area (Å²) in [6.45, 7) is 0.138. The Morgan fingerprint density at radius 3 is 2.41 bits per heavy atom. The van der Waals surface area contributed by atoms with E-state index in [1.54, 1.807) is 31.4 Å².